The molecule has 3 rings (SSSR count). The van der Waals surface area contributed by atoms with Crippen molar-refractivity contribution >= 4 is 33.1 Å². The molecule has 94 valence electrons. The number of hydrogen-bond donors (Lipinski definition) is 1. The van der Waals surface area contributed by atoms with E-state index in [4.69, 9.17) is 0 Å². The molecule has 18 heavy (non-hydrogen) atoms. The summed E-state index contributed by atoms with van der Waals surface area (Å²) in [5, 5.41) is 3.02. The molecule has 2 aromatic rings. The highest BCUT2D eigenvalue weighted by molar-refractivity contribution is 7.16. The Labute approximate surface area is 110 Å². The van der Waals surface area contributed by atoms with Crippen molar-refractivity contribution in [3.05, 3.63) is 23.7 Å². The van der Waals surface area contributed by atoms with Crippen LogP contribution in [0.3, 0.4) is 0 Å². The lowest BCUT2D eigenvalue weighted by Crippen LogP contribution is -2.24. The fourth-order valence-corrected chi connectivity index (χ4v) is 3.20. The van der Waals surface area contributed by atoms with Gasteiger partial charge in [-0.3, -0.25) is 4.79 Å². The lowest BCUT2D eigenvalue weighted by molar-refractivity contribution is -0.120. The molecule has 0 spiro atoms. The first-order chi connectivity index (χ1) is 8.83. The van der Waals surface area contributed by atoms with Crippen LogP contribution in [-0.4, -0.2) is 10.9 Å². The summed E-state index contributed by atoms with van der Waals surface area (Å²) in [5.74, 6) is 0.370. The average molecular weight is 260 g/mol. The number of nitrogens with zero attached hydrogens (tertiary/aromatic N) is 1. The Morgan fingerprint density at radius 3 is 2.94 bits per heavy atom. The lowest BCUT2D eigenvalue weighted by Gasteiger charge is -2.20. The molecular formula is C14H16N2OS. The minimum Gasteiger partial charge on any atom is -0.326 e. The van der Waals surface area contributed by atoms with Gasteiger partial charge in [0.2, 0.25) is 5.91 Å². The average Bonchev–Trinajstić information content (AvgIpc) is 2.87. The van der Waals surface area contributed by atoms with Gasteiger partial charge in [0.05, 0.1) is 15.7 Å². The van der Waals surface area contributed by atoms with E-state index >= 15 is 0 Å². The van der Waals surface area contributed by atoms with Crippen molar-refractivity contribution in [3.63, 3.8) is 0 Å². The van der Waals surface area contributed by atoms with Gasteiger partial charge in [-0.25, -0.2) is 4.98 Å². The number of hydrogen-bond acceptors (Lipinski definition) is 3. The quantitative estimate of drug-likeness (QED) is 0.892. The van der Waals surface area contributed by atoms with Gasteiger partial charge in [0.25, 0.3) is 0 Å². The van der Waals surface area contributed by atoms with Crippen molar-refractivity contribution in [2.75, 3.05) is 5.32 Å². The first kappa shape index (κ1) is 11.7. The summed E-state index contributed by atoms with van der Waals surface area (Å²) in [7, 11) is 0. The summed E-state index contributed by atoms with van der Waals surface area (Å²) in [6.07, 6.45) is 5.70. The van der Waals surface area contributed by atoms with E-state index < -0.39 is 0 Å². The van der Waals surface area contributed by atoms with Crippen molar-refractivity contribution < 1.29 is 4.79 Å². The maximum atomic E-state index is 12.1. The molecule has 0 radical (unpaired) electrons. The maximum absolute atomic E-state index is 12.1. The summed E-state index contributed by atoms with van der Waals surface area (Å²) < 4.78 is 1.16. The first-order valence-corrected chi connectivity index (χ1v) is 7.35. The van der Waals surface area contributed by atoms with Crippen LogP contribution in [0.25, 0.3) is 10.2 Å². The van der Waals surface area contributed by atoms with E-state index in [2.05, 4.69) is 10.3 Å². The summed E-state index contributed by atoms with van der Waals surface area (Å²) in [6, 6.07) is 5.93. The molecule has 0 saturated heterocycles. The third kappa shape index (κ3) is 2.38. The zero-order valence-corrected chi connectivity index (χ0v) is 11.0. The molecule has 3 nitrogen and oxygen atoms in total. The Hall–Kier alpha value is -1.42. The van der Waals surface area contributed by atoms with E-state index in [1.54, 1.807) is 11.3 Å². The number of carbonyl (C=O) groups excluding carboxylic acids is 1. The van der Waals surface area contributed by atoms with Gasteiger partial charge in [-0.05, 0) is 31.0 Å². The molecule has 1 saturated carbocycles. The fourth-order valence-electron chi connectivity index (χ4n) is 2.54. The predicted octanol–water partition coefficient (Wildman–Crippen LogP) is 3.82. The molecule has 1 aromatic heterocycles. The third-order valence-electron chi connectivity index (χ3n) is 3.57. The summed E-state index contributed by atoms with van der Waals surface area (Å²) in [6.45, 7) is 0. The number of rotatable bonds is 2. The maximum Gasteiger partial charge on any atom is 0.227 e. The molecule has 1 aromatic carbocycles. The normalized spacial score (nSPS) is 16.9. The van der Waals surface area contributed by atoms with Crippen LogP contribution in [0.4, 0.5) is 5.69 Å². The second-order valence-electron chi connectivity index (χ2n) is 4.86. The van der Waals surface area contributed by atoms with Gasteiger partial charge in [-0.2, -0.15) is 0 Å². The van der Waals surface area contributed by atoms with E-state index in [-0.39, 0.29) is 11.8 Å². The van der Waals surface area contributed by atoms with Crippen molar-refractivity contribution in [1.82, 2.24) is 4.98 Å². The molecule has 0 unspecified atom stereocenters. The first-order valence-electron chi connectivity index (χ1n) is 6.47. The van der Waals surface area contributed by atoms with Gasteiger partial charge in [-0.15, -0.1) is 11.3 Å². The highest BCUT2D eigenvalue weighted by Gasteiger charge is 2.21. The van der Waals surface area contributed by atoms with Crippen LogP contribution in [0, 0.1) is 5.92 Å². The fraction of sp³-hybridized carbons (Fsp3) is 0.429. The summed E-state index contributed by atoms with van der Waals surface area (Å²) in [5.41, 5.74) is 3.66. The SMILES string of the molecule is O=C(Nc1ccc2scnc2c1)C1CCCCC1. The number of aromatic nitrogens is 1. The van der Waals surface area contributed by atoms with Crippen LogP contribution in [0.5, 0.6) is 0 Å². The zero-order valence-electron chi connectivity index (χ0n) is 10.2. The highest BCUT2D eigenvalue weighted by atomic mass is 32.1. The van der Waals surface area contributed by atoms with Crippen LogP contribution < -0.4 is 5.32 Å². The van der Waals surface area contributed by atoms with Gasteiger partial charge in [0, 0.05) is 11.6 Å². The number of amides is 1. The molecule has 1 aliphatic rings. The monoisotopic (exact) mass is 260 g/mol. The summed E-state index contributed by atoms with van der Waals surface area (Å²) >= 11 is 1.62. The molecule has 0 bridgehead atoms. The van der Waals surface area contributed by atoms with Crippen LogP contribution >= 0.6 is 11.3 Å². The number of nitrogens with one attached hydrogen (secondary N) is 1. The third-order valence-corrected chi connectivity index (χ3v) is 4.38. The molecule has 1 N–H and O–H groups in total. The standard InChI is InChI=1S/C14H16N2OS/c17-14(10-4-2-1-3-5-10)16-11-6-7-13-12(8-11)15-9-18-13/h6-10H,1-5H2,(H,16,17). The van der Waals surface area contributed by atoms with Crippen molar-refractivity contribution in [2.24, 2.45) is 5.92 Å². The zero-order chi connectivity index (χ0) is 12.4. The molecule has 4 heteroatoms. The molecule has 0 atom stereocenters. The van der Waals surface area contributed by atoms with Crippen LogP contribution in [0.15, 0.2) is 23.7 Å². The Balaban J connectivity index is 1.72. The van der Waals surface area contributed by atoms with Gasteiger partial charge in [0.1, 0.15) is 0 Å². The topological polar surface area (TPSA) is 42.0 Å². The van der Waals surface area contributed by atoms with Crippen molar-refractivity contribution in [3.8, 4) is 0 Å². The van der Waals surface area contributed by atoms with E-state index in [9.17, 15) is 4.79 Å². The highest BCUT2D eigenvalue weighted by Crippen LogP contribution is 2.26. The number of thiazole rings is 1. The van der Waals surface area contributed by atoms with Crippen LogP contribution in [0.2, 0.25) is 0 Å². The predicted molar refractivity (Wildman–Crippen MR) is 74.8 cm³/mol. The molecule has 0 aliphatic heterocycles. The van der Waals surface area contributed by atoms with E-state index in [1.807, 2.05) is 23.7 Å². The lowest BCUT2D eigenvalue weighted by atomic mass is 9.88. The Morgan fingerprint density at radius 1 is 1.28 bits per heavy atom. The molecule has 1 aliphatic carbocycles. The number of anilines is 1. The van der Waals surface area contributed by atoms with Gasteiger partial charge < -0.3 is 5.32 Å². The Bertz CT molecular complexity index is 558. The van der Waals surface area contributed by atoms with E-state index in [0.717, 1.165) is 28.7 Å². The smallest absolute Gasteiger partial charge is 0.227 e. The molecule has 1 fully saturated rings. The Morgan fingerprint density at radius 2 is 2.11 bits per heavy atom. The second-order valence-corrected chi connectivity index (χ2v) is 5.75. The second kappa shape index (κ2) is 5.06. The van der Waals surface area contributed by atoms with Crippen molar-refractivity contribution in [2.45, 2.75) is 32.1 Å². The largest absolute Gasteiger partial charge is 0.326 e. The van der Waals surface area contributed by atoms with E-state index in [0.29, 0.717) is 0 Å². The van der Waals surface area contributed by atoms with Crippen LogP contribution in [-0.2, 0) is 4.79 Å². The van der Waals surface area contributed by atoms with Crippen molar-refractivity contribution in [1.29, 1.82) is 0 Å². The van der Waals surface area contributed by atoms with Gasteiger partial charge in [0.15, 0.2) is 0 Å². The Kier molecular flexibility index (Phi) is 3.28. The number of benzene rings is 1. The molecular weight excluding hydrogens is 244 g/mol. The number of fused-ring (bicyclic) bond motifs is 1. The van der Waals surface area contributed by atoms with Crippen LogP contribution in [0.1, 0.15) is 32.1 Å². The molecule has 1 amide bonds. The van der Waals surface area contributed by atoms with Gasteiger partial charge in [-0.1, -0.05) is 19.3 Å². The summed E-state index contributed by atoms with van der Waals surface area (Å²) in [4.78, 5) is 16.4. The molecule has 1 heterocycles. The minimum absolute atomic E-state index is 0.171. The van der Waals surface area contributed by atoms with Gasteiger partial charge >= 0.3 is 0 Å². The van der Waals surface area contributed by atoms with E-state index in [1.165, 1.54) is 19.3 Å². The number of carbonyl (C=O) groups is 1. The minimum atomic E-state index is 0.171.